The smallest absolute Gasteiger partial charge is 0.337 e. The van der Waals surface area contributed by atoms with Gasteiger partial charge in [-0.3, -0.25) is 19.3 Å². The largest absolute Gasteiger partial charge is 0.438 e. The zero-order valence-electron chi connectivity index (χ0n) is 12.5. The van der Waals surface area contributed by atoms with Crippen LogP contribution in [0.15, 0.2) is 39.2 Å². The number of likely N-dealkylation sites (tertiary alicyclic amines) is 1. The van der Waals surface area contributed by atoms with Crippen molar-refractivity contribution in [1.29, 1.82) is 0 Å². The average Bonchev–Trinajstić information content (AvgIpc) is 3.35. The van der Waals surface area contributed by atoms with Gasteiger partial charge in [-0.15, -0.1) is 11.3 Å². The quantitative estimate of drug-likeness (QED) is 0.773. The second-order valence-corrected chi connectivity index (χ2v) is 6.35. The highest BCUT2D eigenvalue weighted by Gasteiger charge is 2.31. The van der Waals surface area contributed by atoms with Crippen LogP contribution in [0.3, 0.4) is 0 Å². The van der Waals surface area contributed by atoms with Gasteiger partial charge in [0.1, 0.15) is 10.7 Å². The predicted molar refractivity (Wildman–Crippen MR) is 85.7 cm³/mol. The molecule has 24 heavy (non-hydrogen) atoms. The second kappa shape index (κ2) is 6.00. The number of carbonyl (C=O) groups excluding carboxylic acids is 1. The van der Waals surface area contributed by atoms with Gasteiger partial charge in [-0.05, 0) is 18.6 Å². The predicted octanol–water partition coefficient (Wildman–Crippen LogP) is 1.51. The molecule has 4 rings (SSSR count). The Balaban J connectivity index is 1.49. The van der Waals surface area contributed by atoms with E-state index in [0.29, 0.717) is 24.6 Å². The molecule has 9 heteroatoms. The van der Waals surface area contributed by atoms with Crippen LogP contribution in [-0.4, -0.2) is 44.0 Å². The van der Waals surface area contributed by atoms with Gasteiger partial charge in [-0.2, -0.15) is 0 Å². The number of nitrogens with zero attached hydrogens (tertiary/aromatic N) is 4. The lowest BCUT2D eigenvalue weighted by atomic mass is 10.1. The van der Waals surface area contributed by atoms with E-state index in [1.54, 1.807) is 22.7 Å². The highest BCUT2D eigenvalue weighted by molar-refractivity contribution is 7.13. The van der Waals surface area contributed by atoms with Crippen LogP contribution in [0, 0.1) is 0 Å². The molecule has 1 fully saturated rings. The number of nitrogens with one attached hydrogen (secondary N) is 1. The molecule has 0 radical (unpaired) electrons. The minimum absolute atomic E-state index is 0.0168. The number of rotatable bonds is 3. The van der Waals surface area contributed by atoms with Crippen molar-refractivity contribution in [1.82, 2.24) is 25.0 Å². The highest BCUT2D eigenvalue weighted by Crippen LogP contribution is 2.27. The molecule has 0 aromatic carbocycles. The Morgan fingerprint density at radius 1 is 1.46 bits per heavy atom. The van der Waals surface area contributed by atoms with Crippen LogP contribution >= 0.6 is 11.3 Å². The highest BCUT2D eigenvalue weighted by atomic mass is 32.1. The molecule has 122 valence electrons. The number of aromatic nitrogens is 4. The first-order valence-corrected chi connectivity index (χ1v) is 8.30. The number of amides is 1. The maximum Gasteiger partial charge on any atom is 0.438 e. The number of H-pyrrole nitrogens is 1. The molecule has 3 aromatic rings. The van der Waals surface area contributed by atoms with Crippen LogP contribution in [-0.2, 0) is 0 Å². The molecule has 1 aliphatic heterocycles. The molecule has 1 atom stereocenters. The molecule has 3 aromatic heterocycles. The SMILES string of the molecule is O=C(c1csc(-c2cccnc2)n1)N1CCC(c2noc(=O)[nH]2)C1. The lowest BCUT2D eigenvalue weighted by molar-refractivity contribution is 0.0785. The van der Waals surface area contributed by atoms with Gasteiger partial charge in [0.25, 0.3) is 5.91 Å². The molecule has 4 heterocycles. The van der Waals surface area contributed by atoms with Crippen molar-refractivity contribution >= 4 is 17.2 Å². The van der Waals surface area contributed by atoms with E-state index in [0.717, 1.165) is 17.0 Å². The van der Waals surface area contributed by atoms with Gasteiger partial charge in [0.15, 0.2) is 5.82 Å². The zero-order valence-corrected chi connectivity index (χ0v) is 13.3. The van der Waals surface area contributed by atoms with Crippen LogP contribution in [0.2, 0.25) is 0 Å². The molecule has 0 spiro atoms. The van der Waals surface area contributed by atoms with E-state index in [9.17, 15) is 9.59 Å². The molecule has 0 saturated carbocycles. The summed E-state index contributed by atoms with van der Waals surface area (Å²) in [5.41, 5.74) is 1.31. The molecule has 0 bridgehead atoms. The lowest BCUT2D eigenvalue weighted by Crippen LogP contribution is -2.28. The number of hydrogen-bond donors (Lipinski definition) is 1. The van der Waals surface area contributed by atoms with Crippen molar-refractivity contribution in [3.8, 4) is 10.6 Å². The summed E-state index contributed by atoms with van der Waals surface area (Å²) in [6, 6.07) is 3.74. The summed E-state index contributed by atoms with van der Waals surface area (Å²) in [6.45, 7) is 1.08. The molecule has 8 nitrogen and oxygen atoms in total. The van der Waals surface area contributed by atoms with Crippen LogP contribution in [0.25, 0.3) is 10.6 Å². The Hall–Kier alpha value is -2.81. The number of pyridine rings is 1. The summed E-state index contributed by atoms with van der Waals surface area (Å²) in [6.07, 6.45) is 4.15. The van der Waals surface area contributed by atoms with Crippen molar-refractivity contribution in [3.63, 3.8) is 0 Å². The Kier molecular flexibility index (Phi) is 3.69. The van der Waals surface area contributed by atoms with Crippen molar-refractivity contribution < 1.29 is 9.32 Å². The van der Waals surface area contributed by atoms with E-state index in [4.69, 9.17) is 0 Å². The van der Waals surface area contributed by atoms with Gasteiger partial charge in [0, 0.05) is 42.3 Å². The van der Waals surface area contributed by atoms with E-state index in [1.807, 2.05) is 12.1 Å². The summed E-state index contributed by atoms with van der Waals surface area (Å²) < 4.78 is 4.53. The first-order chi connectivity index (χ1) is 11.7. The Morgan fingerprint density at radius 3 is 3.12 bits per heavy atom. The van der Waals surface area contributed by atoms with E-state index < -0.39 is 5.76 Å². The molecular formula is C15H13N5O3S. The number of carbonyl (C=O) groups is 1. The van der Waals surface area contributed by atoms with Crippen LogP contribution in [0.4, 0.5) is 0 Å². The average molecular weight is 343 g/mol. The Labute approximate surface area is 140 Å². The fourth-order valence-corrected chi connectivity index (χ4v) is 3.53. The van der Waals surface area contributed by atoms with Crippen LogP contribution in [0.1, 0.15) is 28.7 Å². The standard InChI is InChI=1S/C15H13N5O3S/c21-14(11-8-24-13(17-11)9-2-1-4-16-6-9)20-5-3-10(7-20)12-18-15(22)23-19-12/h1-2,4,6,8,10H,3,5,7H2,(H,18,19,22). The topological polar surface area (TPSA) is 105 Å². The number of thiazole rings is 1. The molecule has 1 amide bonds. The Bertz CT molecular complexity index is 916. The molecule has 1 N–H and O–H groups in total. The summed E-state index contributed by atoms with van der Waals surface area (Å²) in [7, 11) is 0. The minimum Gasteiger partial charge on any atom is -0.337 e. The second-order valence-electron chi connectivity index (χ2n) is 5.50. The lowest BCUT2D eigenvalue weighted by Gasteiger charge is -2.14. The van der Waals surface area contributed by atoms with Gasteiger partial charge in [-0.25, -0.2) is 9.78 Å². The fraction of sp³-hybridized carbons (Fsp3) is 0.267. The first kappa shape index (κ1) is 14.8. The van der Waals surface area contributed by atoms with Gasteiger partial charge in [0.05, 0.1) is 0 Å². The monoisotopic (exact) mass is 343 g/mol. The molecule has 0 aliphatic carbocycles. The maximum atomic E-state index is 12.6. The van der Waals surface area contributed by atoms with Gasteiger partial charge in [0.2, 0.25) is 0 Å². The van der Waals surface area contributed by atoms with E-state index in [1.165, 1.54) is 11.3 Å². The van der Waals surface area contributed by atoms with Crippen LogP contribution < -0.4 is 5.76 Å². The van der Waals surface area contributed by atoms with Crippen molar-refractivity contribution in [3.05, 3.63) is 52.0 Å². The van der Waals surface area contributed by atoms with E-state index >= 15 is 0 Å². The summed E-state index contributed by atoms with van der Waals surface area (Å²) in [4.78, 5) is 36.4. The van der Waals surface area contributed by atoms with Crippen LogP contribution in [0.5, 0.6) is 0 Å². The Morgan fingerprint density at radius 2 is 2.38 bits per heavy atom. The third kappa shape index (κ3) is 2.73. The summed E-state index contributed by atoms with van der Waals surface area (Å²) in [5, 5.41) is 6.23. The molecule has 1 aliphatic rings. The van der Waals surface area contributed by atoms with Crippen molar-refractivity contribution in [2.45, 2.75) is 12.3 Å². The maximum absolute atomic E-state index is 12.6. The zero-order chi connectivity index (χ0) is 16.5. The molecule has 1 saturated heterocycles. The van der Waals surface area contributed by atoms with Crippen molar-refractivity contribution in [2.24, 2.45) is 0 Å². The third-order valence-electron chi connectivity index (χ3n) is 3.95. The van der Waals surface area contributed by atoms with E-state index in [-0.39, 0.29) is 11.8 Å². The molecular weight excluding hydrogens is 330 g/mol. The van der Waals surface area contributed by atoms with Gasteiger partial charge >= 0.3 is 5.76 Å². The summed E-state index contributed by atoms with van der Waals surface area (Å²) >= 11 is 1.42. The fourth-order valence-electron chi connectivity index (χ4n) is 2.74. The van der Waals surface area contributed by atoms with Gasteiger partial charge < -0.3 is 4.90 Å². The van der Waals surface area contributed by atoms with E-state index in [2.05, 4.69) is 24.6 Å². The van der Waals surface area contributed by atoms with Gasteiger partial charge in [-0.1, -0.05) is 5.16 Å². The normalized spacial score (nSPS) is 17.3. The number of hydrogen-bond acceptors (Lipinski definition) is 7. The third-order valence-corrected chi connectivity index (χ3v) is 4.84. The number of aromatic amines is 1. The minimum atomic E-state index is -0.574. The summed E-state index contributed by atoms with van der Waals surface area (Å²) in [5.74, 6) is -0.216. The molecule has 1 unspecified atom stereocenters. The van der Waals surface area contributed by atoms with Crippen molar-refractivity contribution in [2.75, 3.05) is 13.1 Å². The first-order valence-electron chi connectivity index (χ1n) is 7.42.